The Kier molecular flexibility index (Phi) is 6.27. The number of aromatic nitrogens is 1. The Bertz CT molecular complexity index is 1030. The number of hydrogen-bond acceptors (Lipinski definition) is 3. The highest BCUT2D eigenvalue weighted by Crippen LogP contribution is 2.60. The third-order valence-corrected chi connectivity index (χ3v) is 5.22. The summed E-state index contributed by atoms with van der Waals surface area (Å²) in [4.78, 5) is 14.9. The molecule has 0 fully saturated rings. The Labute approximate surface area is 179 Å². The monoisotopic (exact) mass is 574 g/mol. The minimum atomic E-state index is -8.08. The molecule has 0 aliphatic rings. The van der Waals surface area contributed by atoms with Crippen LogP contribution in [-0.2, 0) is 4.79 Å². The number of rotatable bonds is 6. The first-order valence-corrected chi connectivity index (χ1v) is 9.05. The van der Waals surface area contributed by atoms with Crippen LogP contribution in [0.1, 0.15) is 0 Å². The molecule has 0 saturated carbocycles. The predicted molar refractivity (Wildman–Crippen MR) is 86.7 cm³/mol. The largest absolute Gasteiger partial charge is 0.460 e. The van der Waals surface area contributed by atoms with E-state index in [0.717, 1.165) is 5.32 Å². The first kappa shape index (κ1) is 26.4. The second-order valence-electron chi connectivity index (χ2n) is 5.95. The molecule has 0 bridgehead atoms. The first-order chi connectivity index (χ1) is 14.1. The zero-order chi connectivity index (χ0) is 25.1. The van der Waals surface area contributed by atoms with Crippen molar-refractivity contribution >= 4 is 48.5 Å². The van der Waals surface area contributed by atoms with E-state index in [1.54, 1.807) is 0 Å². The molecule has 1 heterocycles. The van der Waals surface area contributed by atoms with Crippen LogP contribution in [0.4, 0.5) is 62.2 Å². The number of thiazole rings is 1. The van der Waals surface area contributed by atoms with Gasteiger partial charge in [0.15, 0.2) is 5.13 Å². The second kappa shape index (κ2) is 7.59. The lowest BCUT2D eigenvalue weighted by atomic mass is 9.93. The molecule has 0 radical (unpaired) electrons. The van der Waals surface area contributed by atoms with Crippen molar-refractivity contribution in [3.63, 3.8) is 0 Å². The van der Waals surface area contributed by atoms with Crippen molar-refractivity contribution in [1.29, 1.82) is 0 Å². The molecule has 1 aromatic carbocycles. The first-order valence-electron chi connectivity index (χ1n) is 7.44. The van der Waals surface area contributed by atoms with E-state index in [2.05, 4.69) is 20.9 Å². The standard InChI is InChI=1S/C14H4BrF13N2OS/c15-4-1-2-5-6(3-4)32-8(29-5)30-7(31)9(16,17)10(18,19)11(20,21)12(22,23)13(24,25)14(26,27)28/h1-3H,(H,29,30,31). The highest BCUT2D eigenvalue weighted by Gasteiger charge is 2.91. The van der Waals surface area contributed by atoms with Crippen LogP contribution in [-0.4, -0.2) is 46.7 Å². The van der Waals surface area contributed by atoms with E-state index >= 15 is 0 Å². The predicted octanol–water partition coefficient (Wildman–Crippen LogP) is 6.74. The summed E-state index contributed by atoms with van der Waals surface area (Å²) in [6, 6.07) is 3.88. The van der Waals surface area contributed by atoms with Gasteiger partial charge >= 0.3 is 41.7 Å². The smallest absolute Gasteiger partial charge is 0.296 e. The van der Waals surface area contributed by atoms with Gasteiger partial charge in [0, 0.05) is 4.47 Å². The Morgan fingerprint density at radius 1 is 0.812 bits per heavy atom. The average molecular weight is 575 g/mol. The summed E-state index contributed by atoms with van der Waals surface area (Å²) in [6.45, 7) is 0. The van der Waals surface area contributed by atoms with Gasteiger partial charge in [-0.3, -0.25) is 10.1 Å². The SMILES string of the molecule is O=C(Nc1nc2ccc(Br)cc2s1)C(F)(F)C(F)(F)C(F)(F)C(F)(F)C(F)(F)C(F)(F)F. The number of carbonyl (C=O) groups excluding carboxylic acids is 1. The van der Waals surface area contributed by atoms with Gasteiger partial charge in [-0.25, -0.2) is 4.98 Å². The summed E-state index contributed by atoms with van der Waals surface area (Å²) in [5.74, 6) is -42.0. The van der Waals surface area contributed by atoms with Gasteiger partial charge in [0.1, 0.15) is 0 Å². The fourth-order valence-electron chi connectivity index (χ4n) is 2.04. The van der Waals surface area contributed by atoms with E-state index in [1.165, 1.54) is 18.2 Å². The number of carbonyl (C=O) groups is 1. The minimum absolute atomic E-state index is 0.0229. The van der Waals surface area contributed by atoms with Crippen LogP contribution in [0, 0.1) is 0 Å². The number of nitrogens with zero attached hydrogens (tertiary/aromatic N) is 1. The van der Waals surface area contributed by atoms with Gasteiger partial charge in [0.05, 0.1) is 10.2 Å². The number of anilines is 1. The molecule has 180 valence electrons. The van der Waals surface area contributed by atoms with Gasteiger partial charge in [0.2, 0.25) is 0 Å². The molecule has 1 aromatic heterocycles. The number of hydrogen-bond donors (Lipinski definition) is 1. The Balaban J connectivity index is 2.43. The van der Waals surface area contributed by atoms with Crippen molar-refractivity contribution in [2.45, 2.75) is 35.8 Å². The highest BCUT2D eigenvalue weighted by molar-refractivity contribution is 9.10. The normalized spacial score (nSPS) is 14.7. The van der Waals surface area contributed by atoms with Crippen LogP contribution < -0.4 is 5.32 Å². The molecule has 2 aromatic rings. The maximum atomic E-state index is 13.8. The van der Waals surface area contributed by atoms with Gasteiger partial charge in [0.25, 0.3) is 0 Å². The third-order valence-electron chi connectivity index (χ3n) is 3.79. The van der Waals surface area contributed by atoms with Crippen LogP contribution in [0.2, 0.25) is 0 Å². The summed E-state index contributed by atoms with van der Waals surface area (Å²) in [5, 5.41) is 0.00297. The third kappa shape index (κ3) is 3.77. The zero-order valence-electron chi connectivity index (χ0n) is 14.3. The molecular weight excluding hydrogens is 571 g/mol. The van der Waals surface area contributed by atoms with Crippen molar-refractivity contribution in [3.05, 3.63) is 22.7 Å². The number of alkyl halides is 13. The van der Waals surface area contributed by atoms with Crippen LogP contribution >= 0.6 is 27.3 Å². The summed E-state index contributed by atoms with van der Waals surface area (Å²) in [7, 11) is 0. The molecule has 3 nitrogen and oxygen atoms in total. The molecule has 0 spiro atoms. The molecule has 0 saturated heterocycles. The zero-order valence-corrected chi connectivity index (χ0v) is 16.7. The van der Waals surface area contributed by atoms with Gasteiger partial charge in [-0.2, -0.15) is 57.1 Å². The summed E-state index contributed by atoms with van der Waals surface area (Å²) in [6.07, 6.45) is -7.52. The Morgan fingerprint density at radius 3 is 1.81 bits per heavy atom. The van der Waals surface area contributed by atoms with Crippen LogP contribution in [0.3, 0.4) is 0 Å². The molecule has 32 heavy (non-hydrogen) atoms. The second-order valence-corrected chi connectivity index (χ2v) is 7.90. The van der Waals surface area contributed by atoms with Gasteiger partial charge in [-0.15, -0.1) is 0 Å². The number of nitrogens with one attached hydrogen (secondary N) is 1. The molecule has 2 rings (SSSR count). The Morgan fingerprint density at radius 2 is 1.31 bits per heavy atom. The fraction of sp³-hybridized carbons (Fsp3) is 0.429. The van der Waals surface area contributed by atoms with Gasteiger partial charge in [-0.05, 0) is 18.2 Å². The van der Waals surface area contributed by atoms with Gasteiger partial charge < -0.3 is 0 Å². The van der Waals surface area contributed by atoms with Crippen molar-refractivity contribution < 1.29 is 61.9 Å². The van der Waals surface area contributed by atoms with E-state index in [9.17, 15) is 61.9 Å². The van der Waals surface area contributed by atoms with Crippen molar-refractivity contribution in [3.8, 4) is 0 Å². The fourth-order valence-corrected chi connectivity index (χ4v) is 3.45. The summed E-state index contributed by atoms with van der Waals surface area (Å²) < 4.78 is 170. The lowest BCUT2D eigenvalue weighted by molar-refractivity contribution is -0.435. The van der Waals surface area contributed by atoms with E-state index in [4.69, 9.17) is 0 Å². The quantitative estimate of drug-likeness (QED) is 0.388. The topological polar surface area (TPSA) is 42.0 Å². The maximum absolute atomic E-state index is 13.8. The maximum Gasteiger partial charge on any atom is 0.460 e. The number of fused-ring (bicyclic) bond motifs is 1. The molecular formula is C14H4BrF13N2OS. The van der Waals surface area contributed by atoms with E-state index < -0.39 is 46.8 Å². The van der Waals surface area contributed by atoms with Crippen LogP contribution in [0.25, 0.3) is 10.2 Å². The highest BCUT2D eigenvalue weighted by atomic mass is 79.9. The van der Waals surface area contributed by atoms with Crippen molar-refractivity contribution in [1.82, 2.24) is 4.98 Å². The number of amides is 1. The van der Waals surface area contributed by atoms with Crippen LogP contribution in [0.15, 0.2) is 22.7 Å². The van der Waals surface area contributed by atoms with Crippen LogP contribution in [0.5, 0.6) is 0 Å². The van der Waals surface area contributed by atoms with Gasteiger partial charge in [-0.1, -0.05) is 27.3 Å². The molecule has 0 atom stereocenters. The van der Waals surface area contributed by atoms with E-state index in [0.29, 0.717) is 15.8 Å². The number of halogens is 14. The van der Waals surface area contributed by atoms with Crippen molar-refractivity contribution in [2.75, 3.05) is 5.32 Å². The molecule has 0 unspecified atom stereocenters. The molecule has 18 heteroatoms. The Hall–Kier alpha value is -1.85. The lowest BCUT2D eigenvalue weighted by Crippen LogP contribution is -2.71. The molecule has 1 N–H and O–H groups in total. The van der Waals surface area contributed by atoms with Crippen molar-refractivity contribution in [2.24, 2.45) is 0 Å². The van der Waals surface area contributed by atoms with E-state index in [1.807, 2.05) is 0 Å². The molecule has 1 amide bonds. The summed E-state index contributed by atoms with van der Waals surface area (Å²) >= 11 is 3.33. The minimum Gasteiger partial charge on any atom is -0.296 e. The van der Waals surface area contributed by atoms with E-state index in [-0.39, 0.29) is 10.2 Å². The average Bonchev–Trinajstić information content (AvgIpc) is 3.01. The summed E-state index contributed by atoms with van der Waals surface area (Å²) in [5.41, 5.74) is -0.0229. The molecule has 0 aliphatic heterocycles. The number of benzene rings is 1. The lowest BCUT2D eigenvalue weighted by Gasteiger charge is -2.39. The molecule has 0 aliphatic carbocycles.